The molecule has 0 bridgehead atoms. The lowest BCUT2D eigenvalue weighted by atomic mass is 10.3. The molecule has 0 aliphatic rings. The Bertz CT molecular complexity index is 735. The summed E-state index contributed by atoms with van der Waals surface area (Å²) in [6, 6.07) is 14.2. The van der Waals surface area contributed by atoms with Gasteiger partial charge in [0.05, 0.1) is 26.4 Å². The molecule has 8 heteroatoms. The van der Waals surface area contributed by atoms with E-state index in [1.165, 1.54) is 7.11 Å². The van der Waals surface area contributed by atoms with Crippen LogP contribution in [0.25, 0.3) is 0 Å². The topological polar surface area (TPSA) is 95.8 Å². The van der Waals surface area contributed by atoms with E-state index >= 15 is 0 Å². The Balaban J connectivity index is 1.65. The van der Waals surface area contributed by atoms with E-state index in [-0.39, 0.29) is 26.4 Å². The van der Waals surface area contributed by atoms with E-state index in [9.17, 15) is 10.2 Å². The third-order valence-electron chi connectivity index (χ3n) is 4.45. The van der Waals surface area contributed by atoms with Crippen LogP contribution in [0.1, 0.15) is 19.8 Å². The minimum absolute atomic E-state index is 0.136. The van der Waals surface area contributed by atoms with Crippen molar-refractivity contribution in [2.45, 2.75) is 32.0 Å². The lowest BCUT2D eigenvalue weighted by Crippen LogP contribution is -2.24. The van der Waals surface area contributed by atoms with Crippen molar-refractivity contribution < 1.29 is 38.6 Å². The van der Waals surface area contributed by atoms with E-state index in [1.54, 1.807) is 48.5 Å². The maximum absolute atomic E-state index is 9.97. The molecule has 0 spiro atoms. The van der Waals surface area contributed by atoms with E-state index in [0.29, 0.717) is 36.2 Å². The number of aliphatic hydroxyl groups is 2. The van der Waals surface area contributed by atoms with E-state index in [2.05, 4.69) is 6.92 Å². The van der Waals surface area contributed by atoms with Gasteiger partial charge in [-0.2, -0.15) is 0 Å². The third-order valence-corrected chi connectivity index (χ3v) is 4.45. The number of methoxy groups -OCH3 is 1. The highest BCUT2D eigenvalue weighted by Crippen LogP contribution is 2.25. The van der Waals surface area contributed by atoms with Crippen LogP contribution in [-0.2, 0) is 14.2 Å². The van der Waals surface area contributed by atoms with Gasteiger partial charge in [0.2, 0.25) is 0 Å². The van der Waals surface area contributed by atoms with Gasteiger partial charge in [-0.3, -0.25) is 0 Å². The molecular weight excluding hydrogens is 428 g/mol. The van der Waals surface area contributed by atoms with Gasteiger partial charge in [0.25, 0.3) is 0 Å². The van der Waals surface area contributed by atoms with E-state index in [4.69, 9.17) is 28.4 Å². The Hall–Kier alpha value is -2.36. The lowest BCUT2D eigenvalue weighted by molar-refractivity contribution is -0.0111. The van der Waals surface area contributed by atoms with Gasteiger partial charge in [-0.15, -0.1) is 0 Å². The van der Waals surface area contributed by atoms with Crippen molar-refractivity contribution in [3.8, 4) is 23.0 Å². The zero-order chi connectivity index (χ0) is 23.7. The van der Waals surface area contributed by atoms with Crippen molar-refractivity contribution in [2.75, 3.05) is 53.4 Å². The van der Waals surface area contributed by atoms with Crippen molar-refractivity contribution in [1.82, 2.24) is 0 Å². The van der Waals surface area contributed by atoms with Crippen LogP contribution in [0.5, 0.6) is 23.0 Å². The first-order valence-corrected chi connectivity index (χ1v) is 11.2. The van der Waals surface area contributed by atoms with Crippen molar-refractivity contribution >= 4 is 0 Å². The molecule has 8 nitrogen and oxygen atoms in total. The van der Waals surface area contributed by atoms with Crippen LogP contribution < -0.4 is 14.2 Å². The number of hydrogen-bond acceptors (Lipinski definition) is 8. The Morgan fingerprint density at radius 3 is 1.64 bits per heavy atom. The second-order valence-corrected chi connectivity index (χ2v) is 7.47. The molecule has 0 aliphatic carbocycles. The van der Waals surface area contributed by atoms with Crippen LogP contribution in [-0.4, -0.2) is 75.8 Å². The lowest BCUT2D eigenvalue weighted by Gasteiger charge is -2.14. The third kappa shape index (κ3) is 11.9. The molecule has 0 radical (unpaired) electrons. The molecule has 2 atom stereocenters. The molecule has 0 saturated heterocycles. The summed E-state index contributed by atoms with van der Waals surface area (Å²) in [5.41, 5.74) is 0. The molecule has 0 fully saturated rings. The van der Waals surface area contributed by atoms with Crippen LogP contribution in [0, 0.1) is 0 Å². The zero-order valence-corrected chi connectivity index (χ0v) is 19.5. The van der Waals surface area contributed by atoms with Gasteiger partial charge < -0.3 is 38.6 Å². The van der Waals surface area contributed by atoms with Gasteiger partial charge in [0, 0.05) is 13.7 Å². The number of rotatable bonds is 18. The highest BCUT2D eigenvalue weighted by molar-refractivity contribution is 5.37. The molecule has 2 N–H and O–H groups in total. The molecule has 0 amide bonds. The number of aliphatic hydroxyl groups excluding tert-OH is 2. The number of benzene rings is 2. The highest BCUT2D eigenvalue weighted by atomic mass is 16.5. The first-order valence-electron chi connectivity index (χ1n) is 11.2. The fraction of sp³-hybridized carbons (Fsp3) is 0.520. The van der Waals surface area contributed by atoms with E-state index < -0.39 is 12.2 Å². The van der Waals surface area contributed by atoms with Crippen LogP contribution in [0.3, 0.4) is 0 Å². The quantitative estimate of drug-likeness (QED) is 0.324. The second kappa shape index (κ2) is 16.3. The summed E-state index contributed by atoms with van der Waals surface area (Å²) in [6.45, 7) is 4.56. The molecule has 2 aromatic carbocycles. The van der Waals surface area contributed by atoms with Crippen molar-refractivity contribution in [3.05, 3.63) is 48.5 Å². The fourth-order valence-electron chi connectivity index (χ4n) is 2.70. The summed E-state index contributed by atoms with van der Waals surface area (Å²) in [5, 5.41) is 19.6. The highest BCUT2D eigenvalue weighted by Gasteiger charge is 2.07. The van der Waals surface area contributed by atoms with Crippen LogP contribution in [0.4, 0.5) is 0 Å². The van der Waals surface area contributed by atoms with Gasteiger partial charge >= 0.3 is 0 Å². The molecule has 0 heterocycles. The van der Waals surface area contributed by atoms with Gasteiger partial charge in [-0.05, 0) is 55.0 Å². The minimum atomic E-state index is -0.715. The van der Waals surface area contributed by atoms with Gasteiger partial charge in [-0.25, -0.2) is 0 Å². The molecule has 184 valence electrons. The number of unbranched alkanes of at least 4 members (excludes halogenated alkanes) is 1. The summed E-state index contributed by atoms with van der Waals surface area (Å²) in [5.74, 6) is 2.56. The maximum atomic E-state index is 9.97. The Labute approximate surface area is 196 Å². The van der Waals surface area contributed by atoms with Gasteiger partial charge in [0.15, 0.2) is 0 Å². The van der Waals surface area contributed by atoms with E-state index in [1.807, 2.05) is 0 Å². The maximum Gasteiger partial charge on any atom is 0.127 e. The molecular formula is C25H36O8. The summed E-state index contributed by atoms with van der Waals surface area (Å²) < 4.78 is 32.6. The summed E-state index contributed by atoms with van der Waals surface area (Å²) in [6.07, 6.45) is 0.765. The Kier molecular flexibility index (Phi) is 13.3. The average molecular weight is 465 g/mol. The van der Waals surface area contributed by atoms with Crippen molar-refractivity contribution in [3.63, 3.8) is 0 Å². The SMILES string of the molecule is CCCCOCCOCC(O)COc1ccc(Oc2ccc(OCC(O)COC)cc2)cc1. The summed E-state index contributed by atoms with van der Waals surface area (Å²) in [4.78, 5) is 0. The predicted octanol–water partition coefficient (Wildman–Crippen LogP) is 3.44. The smallest absolute Gasteiger partial charge is 0.127 e. The zero-order valence-electron chi connectivity index (χ0n) is 19.5. The number of ether oxygens (including phenoxy) is 6. The summed E-state index contributed by atoms with van der Waals surface area (Å²) >= 11 is 0. The van der Waals surface area contributed by atoms with Gasteiger partial charge in [-0.1, -0.05) is 13.3 Å². The Morgan fingerprint density at radius 1 is 0.636 bits per heavy atom. The minimum Gasteiger partial charge on any atom is -0.491 e. The molecule has 2 rings (SSSR count). The first kappa shape index (κ1) is 26.9. The van der Waals surface area contributed by atoms with Crippen molar-refractivity contribution in [2.24, 2.45) is 0 Å². The van der Waals surface area contributed by atoms with Gasteiger partial charge in [0.1, 0.15) is 48.4 Å². The molecule has 0 aliphatic heterocycles. The molecule has 2 unspecified atom stereocenters. The van der Waals surface area contributed by atoms with Crippen LogP contribution in [0.15, 0.2) is 48.5 Å². The van der Waals surface area contributed by atoms with E-state index in [0.717, 1.165) is 19.4 Å². The largest absolute Gasteiger partial charge is 0.491 e. The average Bonchev–Trinajstić information content (AvgIpc) is 2.83. The van der Waals surface area contributed by atoms with Crippen molar-refractivity contribution in [1.29, 1.82) is 0 Å². The normalized spacial score (nSPS) is 12.8. The molecule has 2 aromatic rings. The monoisotopic (exact) mass is 464 g/mol. The van der Waals surface area contributed by atoms with Crippen LogP contribution >= 0.6 is 0 Å². The predicted molar refractivity (Wildman–Crippen MR) is 124 cm³/mol. The Morgan fingerprint density at radius 2 is 1.12 bits per heavy atom. The summed E-state index contributed by atoms with van der Waals surface area (Å²) in [7, 11) is 1.53. The fourth-order valence-corrected chi connectivity index (χ4v) is 2.70. The second-order valence-electron chi connectivity index (χ2n) is 7.47. The molecule has 0 aromatic heterocycles. The molecule has 33 heavy (non-hydrogen) atoms. The van der Waals surface area contributed by atoms with Crippen LogP contribution in [0.2, 0.25) is 0 Å². The standard InChI is InChI=1S/C25H36O8/c1-3-4-13-29-14-15-30-17-21(27)19-32-23-7-11-25(12-8-23)33-24-9-5-22(6-10-24)31-18-20(26)16-28-2/h5-12,20-21,26-27H,3-4,13-19H2,1-2H3. The first-order chi connectivity index (χ1) is 16.1. The number of hydrogen-bond donors (Lipinski definition) is 2. The molecule has 0 saturated carbocycles.